The number of aromatic nitrogens is 4. The minimum Gasteiger partial charge on any atom is -0.350 e. The van der Waals surface area contributed by atoms with E-state index in [0.29, 0.717) is 11.6 Å². The van der Waals surface area contributed by atoms with Crippen molar-refractivity contribution >= 4 is 11.4 Å². The van der Waals surface area contributed by atoms with Crippen LogP contribution in [0, 0.1) is 5.92 Å². The van der Waals surface area contributed by atoms with E-state index in [-0.39, 0.29) is 5.91 Å². The number of rotatable bonds is 6. The molecule has 0 saturated heterocycles. The summed E-state index contributed by atoms with van der Waals surface area (Å²) in [5.74, 6) is 1.31. The van der Waals surface area contributed by atoms with Crippen LogP contribution in [0.2, 0.25) is 0 Å². The highest BCUT2D eigenvalue weighted by Gasteiger charge is 2.24. The van der Waals surface area contributed by atoms with E-state index in [9.17, 15) is 4.79 Å². The molecular weight excluding hydrogens is 350 g/mol. The molecule has 1 amide bonds. The summed E-state index contributed by atoms with van der Waals surface area (Å²) in [6.07, 6.45) is 12.1. The number of fused-ring (bicyclic) bond motifs is 1. The molecule has 140 valence electrons. The molecule has 0 bridgehead atoms. The number of imidazole rings is 1. The molecule has 1 N–H and O–H groups in total. The second-order valence-electron chi connectivity index (χ2n) is 7.33. The molecule has 1 saturated carbocycles. The second kappa shape index (κ2) is 6.96. The van der Waals surface area contributed by atoms with Gasteiger partial charge in [-0.3, -0.25) is 14.2 Å². The molecule has 0 unspecified atom stereocenters. The third kappa shape index (κ3) is 3.29. The molecule has 0 radical (unpaired) electrons. The van der Waals surface area contributed by atoms with E-state index in [4.69, 9.17) is 4.98 Å². The third-order valence-electron chi connectivity index (χ3n) is 5.11. The van der Waals surface area contributed by atoms with Crippen molar-refractivity contribution in [2.45, 2.75) is 19.4 Å². The number of amides is 1. The topological polar surface area (TPSA) is 64.2 Å². The first kappa shape index (κ1) is 16.7. The highest BCUT2D eigenvalue weighted by molar-refractivity contribution is 6.00. The first-order chi connectivity index (χ1) is 13.8. The number of hydrogen-bond donors (Lipinski definition) is 1. The van der Waals surface area contributed by atoms with Gasteiger partial charge in [-0.2, -0.15) is 0 Å². The maximum atomic E-state index is 12.7. The molecule has 28 heavy (non-hydrogen) atoms. The van der Waals surface area contributed by atoms with E-state index in [1.807, 2.05) is 53.3 Å². The SMILES string of the molecule is O=C(NCC1CC1)c1nc(-c2ccn(Cc3cccnc3)c2)n2ccccc12. The minimum atomic E-state index is -0.100. The molecular formula is C22H21N5O. The van der Waals surface area contributed by atoms with Gasteiger partial charge < -0.3 is 9.88 Å². The molecule has 5 rings (SSSR count). The summed E-state index contributed by atoms with van der Waals surface area (Å²) >= 11 is 0. The van der Waals surface area contributed by atoms with Gasteiger partial charge in [0.05, 0.1) is 5.52 Å². The average molecular weight is 371 g/mol. The van der Waals surface area contributed by atoms with Crippen molar-refractivity contribution in [2.75, 3.05) is 6.54 Å². The number of nitrogens with one attached hydrogen (secondary N) is 1. The average Bonchev–Trinajstić information content (AvgIpc) is 3.32. The highest BCUT2D eigenvalue weighted by Crippen LogP contribution is 2.28. The predicted molar refractivity (Wildman–Crippen MR) is 107 cm³/mol. The molecule has 4 aromatic rings. The van der Waals surface area contributed by atoms with Crippen LogP contribution >= 0.6 is 0 Å². The van der Waals surface area contributed by atoms with Gasteiger partial charge in [-0.1, -0.05) is 12.1 Å². The number of carbonyl (C=O) groups is 1. The molecule has 6 heteroatoms. The van der Waals surface area contributed by atoms with E-state index >= 15 is 0 Å². The number of pyridine rings is 2. The smallest absolute Gasteiger partial charge is 0.272 e. The normalized spacial score (nSPS) is 13.7. The first-order valence-corrected chi connectivity index (χ1v) is 9.58. The van der Waals surface area contributed by atoms with E-state index in [1.54, 1.807) is 6.20 Å². The molecule has 0 spiro atoms. The molecule has 1 fully saturated rings. The van der Waals surface area contributed by atoms with Crippen LogP contribution in [0.1, 0.15) is 28.9 Å². The van der Waals surface area contributed by atoms with Gasteiger partial charge >= 0.3 is 0 Å². The fourth-order valence-corrected chi connectivity index (χ4v) is 3.43. The van der Waals surface area contributed by atoms with Crippen LogP contribution in [0.5, 0.6) is 0 Å². The van der Waals surface area contributed by atoms with Gasteiger partial charge in [-0.05, 0) is 48.6 Å². The Kier molecular flexibility index (Phi) is 4.16. The van der Waals surface area contributed by atoms with E-state index in [0.717, 1.165) is 35.6 Å². The van der Waals surface area contributed by atoms with Crippen LogP contribution in [0.15, 0.2) is 67.4 Å². The summed E-state index contributed by atoms with van der Waals surface area (Å²) in [7, 11) is 0. The van der Waals surface area contributed by atoms with Gasteiger partial charge in [0.1, 0.15) is 5.82 Å². The van der Waals surface area contributed by atoms with Gasteiger partial charge in [0.15, 0.2) is 5.69 Å². The predicted octanol–water partition coefficient (Wildman–Crippen LogP) is 3.39. The number of hydrogen-bond acceptors (Lipinski definition) is 3. The van der Waals surface area contributed by atoms with Gasteiger partial charge in [0.2, 0.25) is 0 Å². The number of nitrogens with zero attached hydrogens (tertiary/aromatic N) is 4. The Morgan fingerprint density at radius 2 is 2.07 bits per heavy atom. The van der Waals surface area contributed by atoms with Crippen LogP contribution in [-0.4, -0.2) is 31.4 Å². The monoisotopic (exact) mass is 371 g/mol. The third-order valence-corrected chi connectivity index (χ3v) is 5.11. The van der Waals surface area contributed by atoms with Crippen molar-refractivity contribution < 1.29 is 4.79 Å². The summed E-state index contributed by atoms with van der Waals surface area (Å²) in [6, 6.07) is 11.9. The minimum absolute atomic E-state index is 0.100. The van der Waals surface area contributed by atoms with Crippen molar-refractivity contribution in [2.24, 2.45) is 5.92 Å². The van der Waals surface area contributed by atoms with Gasteiger partial charge in [-0.15, -0.1) is 0 Å². The Morgan fingerprint density at radius 3 is 2.89 bits per heavy atom. The molecule has 4 aromatic heterocycles. The van der Waals surface area contributed by atoms with E-state index in [2.05, 4.69) is 27.1 Å². The van der Waals surface area contributed by atoms with Crippen LogP contribution in [0.3, 0.4) is 0 Å². The zero-order chi connectivity index (χ0) is 18.9. The summed E-state index contributed by atoms with van der Waals surface area (Å²) in [6.45, 7) is 1.48. The zero-order valence-electron chi connectivity index (χ0n) is 15.5. The van der Waals surface area contributed by atoms with Crippen LogP contribution < -0.4 is 5.32 Å². The maximum Gasteiger partial charge on any atom is 0.272 e. The standard InChI is InChI=1S/C22H21N5O/c28-22(24-13-16-6-7-16)20-19-5-1-2-10-27(19)21(25-20)18-8-11-26(15-18)14-17-4-3-9-23-12-17/h1-5,8-12,15-16H,6-7,13-14H2,(H,24,28). The molecule has 0 aliphatic heterocycles. The van der Waals surface area contributed by atoms with Gasteiger partial charge in [-0.25, -0.2) is 4.98 Å². The Bertz CT molecular complexity index is 1120. The van der Waals surface area contributed by atoms with Gasteiger partial charge in [0.25, 0.3) is 5.91 Å². The fraction of sp³-hybridized carbons (Fsp3) is 0.227. The Balaban J connectivity index is 1.46. The fourth-order valence-electron chi connectivity index (χ4n) is 3.43. The maximum absolute atomic E-state index is 12.7. The molecule has 0 atom stereocenters. The quantitative estimate of drug-likeness (QED) is 0.565. The van der Waals surface area contributed by atoms with Gasteiger partial charge in [0, 0.05) is 49.6 Å². The Hall–Kier alpha value is -3.41. The Morgan fingerprint density at radius 1 is 1.14 bits per heavy atom. The largest absolute Gasteiger partial charge is 0.350 e. The lowest BCUT2D eigenvalue weighted by Gasteiger charge is -2.02. The van der Waals surface area contributed by atoms with Crippen LogP contribution in [-0.2, 0) is 6.54 Å². The lowest BCUT2D eigenvalue weighted by Crippen LogP contribution is -2.26. The first-order valence-electron chi connectivity index (χ1n) is 9.58. The highest BCUT2D eigenvalue weighted by atomic mass is 16.1. The molecule has 1 aliphatic rings. The second-order valence-corrected chi connectivity index (χ2v) is 7.33. The van der Waals surface area contributed by atoms with Crippen molar-refractivity contribution in [1.29, 1.82) is 0 Å². The number of carbonyl (C=O) groups excluding carboxylic acids is 1. The van der Waals surface area contributed by atoms with Crippen molar-refractivity contribution in [1.82, 2.24) is 24.3 Å². The molecule has 4 heterocycles. The molecule has 6 nitrogen and oxygen atoms in total. The Labute approximate surface area is 162 Å². The lowest BCUT2D eigenvalue weighted by atomic mass is 10.3. The summed E-state index contributed by atoms with van der Waals surface area (Å²) < 4.78 is 4.08. The van der Waals surface area contributed by atoms with Crippen LogP contribution in [0.25, 0.3) is 16.9 Å². The lowest BCUT2D eigenvalue weighted by molar-refractivity contribution is 0.0949. The van der Waals surface area contributed by atoms with Crippen molar-refractivity contribution in [3.8, 4) is 11.4 Å². The van der Waals surface area contributed by atoms with Crippen molar-refractivity contribution in [3.63, 3.8) is 0 Å². The zero-order valence-corrected chi connectivity index (χ0v) is 15.5. The van der Waals surface area contributed by atoms with Crippen LogP contribution in [0.4, 0.5) is 0 Å². The summed E-state index contributed by atoms with van der Waals surface area (Å²) in [4.78, 5) is 21.6. The molecule has 0 aromatic carbocycles. The molecule has 1 aliphatic carbocycles. The van der Waals surface area contributed by atoms with E-state index in [1.165, 1.54) is 12.8 Å². The van der Waals surface area contributed by atoms with E-state index < -0.39 is 0 Å². The van der Waals surface area contributed by atoms with Crippen molar-refractivity contribution in [3.05, 3.63) is 78.6 Å². The summed E-state index contributed by atoms with van der Waals surface area (Å²) in [5, 5.41) is 3.03. The summed E-state index contributed by atoms with van der Waals surface area (Å²) in [5.41, 5.74) is 3.42.